The molecule has 0 spiro atoms. The fraction of sp³-hybridized carbons (Fsp3) is 0.133. The zero-order valence-corrected chi connectivity index (χ0v) is 12.8. The van der Waals surface area contributed by atoms with Crippen LogP contribution in [0, 0.1) is 0 Å². The van der Waals surface area contributed by atoms with Gasteiger partial charge in [-0.25, -0.2) is 0 Å². The summed E-state index contributed by atoms with van der Waals surface area (Å²) in [6.45, 7) is 0.755. The lowest BCUT2D eigenvalue weighted by Gasteiger charge is -2.21. The summed E-state index contributed by atoms with van der Waals surface area (Å²) >= 11 is 6.24. The number of nitrogen functional groups attached to an aromatic ring is 1. The first-order chi connectivity index (χ1) is 11.5. The molecule has 2 aliphatic heterocycles. The number of halogens is 1. The second-order valence-corrected chi connectivity index (χ2v) is 5.63. The quantitative estimate of drug-likeness (QED) is 0.735. The van der Waals surface area contributed by atoms with E-state index in [1.807, 2.05) is 0 Å². The average molecular weight is 348 g/mol. The highest BCUT2D eigenvalue weighted by molar-refractivity contribution is 6.32. The molecule has 0 saturated heterocycles. The number of nitrogens with one attached hydrogen (secondary N) is 1. The molecule has 0 atom stereocenters. The molecule has 0 fully saturated rings. The van der Waals surface area contributed by atoms with Crippen LogP contribution in [0.1, 0.15) is 20.7 Å². The maximum Gasteiger partial charge on any atom is 0.262 e. The molecule has 2 aromatic rings. The van der Waals surface area contributed by atoms with E-state index in [1.54, 1.807) is 0 Å². The van der Waals surface area contributed by atoms with Gasteiger partial charge in [-0.2, -0.15) is 0 Å². The third-order valence-corrected chi connectivity index (χ3v) is 4.11. The summed E-state index contributed by atoms with van der Waals surface area (Å²) in [5.74, 6) is -0.614. The number of anilines is 1. The van der Waals surface area contributed by atoms with Crippen molar-refractivity contribution in [1.82, 2.24) is 9.88 Å². The number of carbonyl (C=O) groups excluding carboxylic acids is 2. The topological polar surface area (TPSA) is 113 Å². The third-order valence-electron chi connectivity index (χ3n) is 3.81. The van der Waals surface area contributed by atoms with Gasteiger partial charge in [0.1, 0.15) is 19.0 Å². The van der Waals surface area contributed by atoms with Crippen LogP contribution in [-0.2, 0) is 0 Å². The fourth-order valence-corrected chi connectivity index (χ4v) is 2.99. The van der Waals surface area contributed by atoms with Crippen molar-refractivity contribution in [2.75, 3.05) is 18.9 Å². The molecular weight excluding hydrogens is 338 g/mol. The van der Waals surface area contributed by atoms with Gasteiger partial charge in [-0.1, -0.05) is 11.6 Å². The molecule has 9 heteroatoms. The number of imide groups is 1. The van der Waals surface area contributed by atoms with E-state index in [9.17, 15) is 14.4 Å². The number of fused-ring (bicyclic) bond motifs is 2. The summed E-state index contributed by atoms with van der Waals surface area (Å²) in [7, 11) is 0. The molecule has 3 heterocycles. The van der Waals surface area contributed by atoms with Crippen LogP contribution in [0.4, 0.5) is 5.82 Å². The number of hydrogen-bond acceptors (Lipinski definition) is 6. The maximum atomic E-state index is 12.4. The zero-order chi connectivity index (χ0) is 17.0. The second kappa shape index (κ2) is 5.00. The van der Waals surface area contributed by atoms with Crippen LogP contribution in [0.15, 0.2) is 23.0 Å². The van der Waals surface area contributed by atoms with E-state index in [0.717, 1.165) is 10.6 Å². The first kappa shape index (κ1) is 14.6. The zero-order valence-electron chi connectivity index (χ0n) is 12.1. The number of nitrogens with zero attached hydrogens (tertiary/aromatic N) is 1. The Labute approximate surface area is 139 Å². The Kier molecular flexibility index (Phi) is 3.04. The van der Waals surface area contributed by atoms with E-state index in [4.69, 9.17) is 26.8 Å². The van der Waals surface area contributed by atoms with E-state index in [2.05, 4.69) is 5.32 Å². The van der Waals surface area contributed by atoms with Gasteiger partial charge in [0.15, 0.2) is 11.5 Å². The summed E-state index contributed by atoms with van der Waals surface area (Å²) in [5.41, 5.74) is 5.53. The first-order valence-electron chi connectivity index (χ1n) is 6.98. The molecular formula is C15H10ClN3O5. The lowest BCUT2D eigenvalue weighted by Crippen LogP contribution is -2.24. The van der Waals surface area contributed by atoms with Gasteiger partial charge in [-0.15, -0.1) is 0 Å². The van der Waals surface area contributed by atoms with E-state index < -0.39 is 17.4 Å². The summed E-state index contributed by atoms with van der Waals surface area (Å²) in [6.07, 6.45) is 0. The van der Waals surface area contributed by atoms with E-state index >= 15 is 0 Å². The average Bonchev–Trinajstić information content (AvgIpc) is 2.82. The highest BCUT2D eigenvalue weighted by Crippen LogP contribution is 2.37. The number of amides is 2. The number of hydrogen-bond donors (Lipinski definition) is 2. The summed E-state index contributed by atoms with van der Waals surface area (Å²) in [4.78, 5) is 36.0. The highest BCUT2D eigenvalue weighted by atomic mass is 35.5. The van der Waals surface area contributed by atoms with Crippen LogP contribution in [0.2, 0.25) is 5.02 Å². The Balaban J connectivity index is 1.99. The molecule has 0 saturated carbocycles. The number of benzene rings is 1. The van der Waals surface area contributed by atoms with Gasteiger partial charge >= 0.3 is 0 Å². The minimum absolute atomic E-state index is 0.0487. The van der Waals surface area contributed by atoms with Gasteiger partial charge in [0.2, 0.25) is 0 Å². The molecule has 1 aromatic carbocycles. The van der Waals surface area contributed by atoms with Crippen LogP contribution in [0.3, 0.4) is 0 Å². The van der Waals surface area contributed by atoms with Crippen LogP contribution < -0.4 is 26.1 Å². The van der Waals surface area contributed by atoms with Crippen LogP contribution >= 0.6 is 11.6 Å². The molecule has 24 heavy (non-hydrogen) atoms. The molecule has 0 aliphatic carbocycles. The Morgan fingerprint density at radius 1 is 1.04 bits per heavy atom. The van der Waals surface area contributed by atoms with Crippen molar-refractivity contribution in [3.8, 4) is 17.2 Å². The normalized spacial score (nSPS) is 15.2. The molecule has 3 N–H and O–H groups in total. The van der Waals surface area contributed by atoms with Crippen LogP contribution in [-0.4, -0.2) is 29.6 Å². The van der Waals surface area contributed by atoms with Crippen molar-refractivity contribution in [3.05, 3.63) is 44.7 Å². The first-order valence-corrected chi connectivity index (χ1v) is 7.36. The van der Waals surface area contributed by atoms with Gasteiger partial charge in [-0.3, -0.25) is 24.3 Å². The Morgan fingerprint density at radius 3 is 2.42 bits per heavy atom. The van der Waals surface area contributed by atoms with Gasteiger partial charge in [0.25, 0.3) is 17.4 Å². The van der Waals surface area contributed by atoms with Crippen molar-refractivity contribution < 1.29 is 19.1 Å². The Hall–Kier alpha value is -3.00. The summed E-state index contributed by atoms with van der Waals surface area (Å²) < 4.78 is 12.0. The largest absolute Gasteiger partial charge is 0.486 e. The third kappa shape index (κ3) is 1.96. The molecule has 0 radical (unpaired) electrons. The fourth-order valence-electron chi connectivity index (χ4n) is 2.75. The maximum absolute atomic E-state index is 12.4. The Morgan fingerprint density at radius 2 is 1.71 bits per heavy atom. The van der Waals surface area contributed by atoms with Gasteiger partial charge in [0.05, 0.1) is 21.8 Å². The predicted octanol–water partition coefficient (Wildman–Crippen LogP) is 0.728. The van der Waals surface area contributed by atoms with Crippen molar-refractivity contribution in [2.24, 2.45) is 0 Å². The molecule has 8 nitrogen and oxygen atoms in total. The molecule has 0 bridgehead atoms. The van der Waals surface area contributed by atoms with Crippen molar-refractivity contribution in [2.45, 2.75) is 0 Å². The van der Waals surface area contributed by atoms with Crippen LogP contribution in [0.25, 0.3) is 5.69 Å². The van der Waals surface area contributed by atoms with Crippen molar-refractivity contribution in [1.29, 1.82) is 0 Å². The Bertz CT molecular complexity index is 982. The number of nitrogens with two attached hydrogens (primary N) is 1. The highest BCUT2D eigenvalue weighted by Gasteiger charge is 2.32. The second-order valence-electron chi connectivity index (χ2n) is 5.22. The molecule has 0 unspecified atom stereocenters. The standard InChI is InChI=1S/C15H10ClN3O5/c16-7-4-9-10(24-2-1-23-9)5-8(7)19-11(20)3-6-12(13(19)17)15(22)18-14(6)21/h3-5H,1-2,17H2,(H,18,21,22). The minimum Gasteiger partial charge on any atom is -0.486 e. The van der Waals surface area contributed by atoms with Crippen molar-refractivity contribution in [3.63, 3.8) is 0 Å². The number of aromatic nitrogens is 1. The lowest BCUT2D eigenvalue weighted by molar-refractivity contribution is 0.0880. The van der Waals surface area contributed by atoms with E-state index in [0.29, 0.717) is 24.7 Å². The number of rotatable bonds is 1. The van der Waals surface area contributed by atoms with Gasteiger partial charge in [0, 0.05) is 18.2 Å². The van der Waals surface area contributed by atoms with Crippen molar-refractivity contribution >= 4 is 29.2 Å². The monoisotopic (exact) mass is 347 g/mol. The molecule has 122 valence electrons. The molecule has 2 aliphatic rings. The molecule has 1 aromatic heterocycles. The molecule has 4 rings (SSSR count). The number of pyridine rings is 1. The van der Waals surface area contributed by atoms with E-state index in [1.165, 1.54) is 12.1 Å². The summed E-state index contributed by atoms with van der Waals surface area (Å²) in [6, 6.07) is 4.07. The van der Waals surface area contributed by atoms with E-state index in [-0.39, 0.29) is 27.7 Å². The van der Waals surface area contributed by atoms with Gasteiger partial charge < -0.3 is 15.2 Å². The SMILES string of the molecule is Nc1c2c(cc(=O)n1-c1cc3c(cc1Cl)OCCO3)C(=O)NC2=O. The minimum atomic E-state index is -0.657. The molecule has 2 amide bonds. The smallest absolute Gasteiger partial charge is 0.262 e. The number of carbonyl (C=O) groups is 2. The van der Waals surface area contributed by atoms with Gasteiger partial charge in [-0.05, 0) is 0 Å². The van der Waals surface area contributed by atoms with Crippen LogP contribution in [0.5, 0.6) is 11.5 Å². The summed E-state index contributed by atoms with van der Waals surface area (Å²) in [5, 5.41) is 2.30. The lowest BCUT2D eigenvalue weighted by atomic mass is 10.1. The predicted molar refractivity (Wildman–Crippen MR) is 84.2 cm³/mol. The number of ether oxygens (including phenoxy) is 2.